The van der Waals surface area contributed by atoms with Gasteiger partial charge in [-0.3, -0.25) is 0 Å². The van der Waals surface area contributed by atoms with Crippen LogP contribution in [0.4, 0.5) is 9.18 Å². The molecule has 0 spiro atoms. The zero-order valence-corrected chi connectivity index (χ0v) is 29.2. The standard InChI is InChI=1S/C39H51FO9/c1-6-7-8-9-10-11-18-44-35-17-16-30(23-34(35)40)33-21-31(14-12-19-45-37(41)27(2)3)36(47-24-29-25-48-39(43)49-26-29)32(22-33)15-13-20-46-38(42)28(4)5/h16-17,21-23,29H,2,4,6-15,18-20,24-26H2,1,3,5H3. The van der Waals surface area contributed by atoms with Crippen molar-refractivity contribution < 1.29 is 47.2 Å². The van der Waals surface area contributed by atoms with E-state index in [0.29, 0.717) is 54.7 Å². The lowest BCUT2D eigenvalue weighted by molar-refractivity contribution is -0.139. The summed E-state index contributed by atoms with van der Waals surface area (Å²) < 4.78 is 48.2. The summed E-state index contributed by atoms with van der Waals surface area (Å²) in [6, 6.07) is 8.86. The van der Waals surface area contributed by atoms with Crippen LogP contribution in [0.1, 0.15) is 83.3 Å². The van der Waals surface area contributed by atoms with Crippen molar-refractivity contribution in [1.82, 2.24) is 0 Å². The maximum Gasteiger partial charge on any atom is 0.508 e. The highest BCUT2D eigenvalue weighted by molar-refractivity contribution is 5.87. The van der Waals surface area contributed by atoms with Gasteiger partial charge in [-0.05, 0) is 92.5 Å². The van der Waals surface area contributed by atoms with Gasteiger partial charge in [0.05, 0.1) is 32.3 Å². The molecule has 0 N–H and O–H groups in total. The van der Waals surface area contributed by atoms with E-state index in [1.165, 1.54) is 25.3 Å². The Bertz CT molecular complexity index is 1370. The zero-order chi connectivity index (χ0) is 35.6. The summed E-state index contributed by atoms with van der Waals surface area (Å²) >= 11 is 0. The molecule has 2 aromatic carbocycles. The van der Waals surface area contributed by atoms with Gasteiger partial charge in [0.15, 0.2) is 11.6 Å². The predicted molar refractivity (Wildman–Crippen MR) is 185 cm³/mol. The second-order valence-electron chi connectivity index (χ2n) is 12.5. The van der Waals surface area contributed by atoms with E-state index in [2.05, 4.69) is 20.1 Å². The van der Waals surface area contributed by atoms with Gasteiger partial charge in [-0.2, -0.15) is 0 Å². The summed E-state index contributed by atoms with van der Waals surface area (Å²) in [6.07, 6.45) is 7.97. The van der Waals surface area contributed by atoms with Crippen molar-refractivity contribution in [3.05, 3.63) is 71.6 Å². The average Bonchev–Trinajstić information content (AvgIpc) is 3.08. The topological polar surface area (TPSA) is 107 Å². The maximum absolute atomic E-state index is 15.3. The first kappa shape index (κ1) is 39.1. The summed E-state index contributed by atoms with van der Waals surface area (Å²) in [5.74, 6) is -0.710. The molecule has 0 aromatic heterocycles. The van der Waals surface area contributed by atoms with Crippen molar-refractivity contribution in [1.29, 1.82) is 0 Å². The quantitative estimate of drug-likeness (QED) is 0.0523. The molecule has 2 aromatic rings. The van der Waals surface area contributed by atoms with E-state index in [-0.39, 0.29) is 44.7 Å². The van der Waals surface area contributed by atoms with Crippen LogP contribution in [0.15, 0.2) is 54.6 Å². The Balaban J connectivity index is 1.86. The van der Waals surface area contributed by atoms with Gasteiger partial charge in [0.2, 0.25) is 0 Å². The Labute approximate surface area is 289 Å². The number of halogens is 1. The molecule has 1 aliphatic heterocycles. The molecule has 9 nitrogen and oxygen atoms in total. The van der Waals surface area contributed by atoms with E-state index in [0.717, 1.165) is 36.0 Å². The van der Waals surface area contributed by atoms with Crippen LogP contribution in [0.2, 0.25) is 0 Å². The number of hydrogen-bond acceptors (Lipinski definition) is 9. The van der Waals surface area contributed by atoms with Crippen LogP contribution in [0.5, 0.6) is 11.5 Å². The fourth-order valence-electron chi connectivity index (χ4n) is 5.20. The van der Waals surface area contributed by atoms with Crippen LogP contribution in [0.3, 0.4) is 0 Å². The summed E-state index contributed by atoms with van der Waals surface area (Å²) in [5, 5.41) is 0. The lowest BCUT2D eigenvalue weighted by Crippen LogP contribution is -2.31. The normalized spacial score (nSPS) is 12.9. The Morgan fingerprint density at radius 2 is 1.35 bits per heavy atom. The number of esters is 2. The van der Waals surface area contributed by atoms with Crippen LogP contribution >= 0.6 is 0 Å². The minimum Gasteiger partial charge on any atom is -0.492 e. The van der Waals surface area contributed by atoms with E-state index in [1.807, 2.05) is 18.2 Å². The lowest BCUT2D eigenvalue weighted by Gasteiger charge is -2.24. The van der Waals surface area contributed by atoms with Crippen LogP contribution in [0, 0.1) is 11.7 Å². The number of ether oxygens (including phenoxy) is 6. The molecular formula is C39H51FO9. The van der Waals surface area contributed by atoms with Crippen molar-refractivity contribution in [2.75, 3.05) is 39.6 Å². The van der Waals surface area contributed by atoms with Crippen LogP contribution in [-0.4, -0.2) is 57.7 Å². The van der Waals surface area contributed by atoms with Gasteiger partial charge in [0.1, 0.15) is 19.0 Å². The fraction of sp³-hybridized carbons (Fsp3) is 0.513. The lowest BCUT2D eigenvalue weighted by atomic mass is 9.94. The van der Waals surface area contributed by atoms with Crippen molar-refractivity contribution in [2.45, 2.75) is 85.0 Å². The highest BCUT2D eigenvalue weighted by Crippen LogP contribution is 2.35. The Hall–Kier alpha value is -4.34. The minimum atomic E-state index is -0.707. The van der Waals surface area contributed by atoms with Crippen LogP contribution in [0.25, 0.3) is 11.1 Å². The zero-order valence-electron chi connectivity index (χ0n) is 29.2. The van der Waals surface area contributed by atoms with E-state index >= 15 is 4.39 Å². The predicted octanol–water partition coefficient (Wildman–Crippen LogP) is 8.50. The SMILES string of the molecule is C=C(C)C(=O)OCCCc1cc(-c2ccc(OCCCCCCCC)c(F)c2)cc(CCCOC(=O)C(=C)C)c1OCC1COC(=O)OC1. The second-order valence-corrected chi connectivity index (χ2v) is 12.5. The molecule has 1 saturated heterocycles. The monoisotopic (exact) mass is 682 g/mol. The highest BCUT2D eigenvalue weighted by Gasteiger charge is 2.23. The molecule has 268 valence electrons. The number of carbonyl (C=O) groups excluding carboxylic acids is 3. The van der Waals surface area contributed by atoms with E-state index < -0.39 is 23.9 Å². The average molecular weight is 683 g/mol. The van der Waals surface area contributed by atoms with E-state index in [1.54, 1.807) is 19.9 Å². The second kappa shape index (κ2) is 20.9. The van der Waals surface area contributed by atoms with Gasteiger partial charge in [-0.25, -0.2) is 18.8 Å². The molecular weight excluding hydrogens is 631 g/mol. The summed E-state index contributed by atoms with van der Waals surface area (Å²) in [5.41, 5.74) is 3.72. The number of hydrogen-bond donors (Lipinski definition) is 0. The van der Waals surface area contributed by atoms with Crippen molar-refractivity contribution in [3.63, 3.8) is 0 Å². The maximum atomic E-state index is 15.3. The summed E-state index contributed by atoms with van der Waals surface area (Å²) in [4.78, 5) is 35.3. The fourth-order valence-corrected chi connectivity index (χ4v) is 5.20. The van der Waals surface area contributed by atoms with E-state index in [4.69, 9.17) is 28.4 Å². The number of cyclic esters (lactones) is 2. The largest absolute Gasteiger partial charge is 0.508 e. The number of carbonyl (C=O) groups is 3. The molecule has 0 bridgehead atoms. The molecule has 0 radical (unpaired) electrons. The molecule has 1 aliphatic rings. The van der Waals surface area contributed by atoms with Gasteiger partial charge in [-0.1, -0.05) is 58.3 Å². The summed E-state index contributed by atoms with van der Waals surface area (Å²) in [6.45, 7) is 14.0. The number of rotatable bonds is 22. The van der Waals surface area contributed by atoms with Crippen LogP contribution < -0.4 is 9.47 Å². The van der Waals surface area contributed by atoms with Crippen molar-refractivity contribution >= 4 is 18.1 Å². The molecule has 1 heterocycles. The third-order valence-corrected chi connectivity index (χ3v) is 7.94. The Morgan fingerprint density at radius 1 is 0.776 bits per heavy atom. The summed E-state index contributed by atoms with van der Waals surface area (Å²) in [7, 11) is 0. The van der Waals surface area contributed by atoms with Gasteiger partial charge in [0.25, 0.3) is 0 Å². The molecule has 3 rings (SSSR count). The number of aryl methyl sites for hydroxylation is 2. The minimum absolute atomic E-state index is 0.169. The third kappa shape index (κ3) is 13.6. The molecule has 0 saturated carbocycles. The van der Waals surface area contributed by atoms with Crippen molar-refractivity contribution in [3.8, 4) is 22.6 Å². The molecule has 0 atom stereocenters. The van der Waals surface area contributed by atoms with Gasteiger partial charge < -0.3 is 28.4 Å². The smallest absolute Gasteiger partial charge is 0.492 e. The molecule has 0 amide bonds. The first-order chi connectivity index (χ1) is 23.6. The first-order valence-electron chi connectivity index (χ1n) is 17.2. The Morgan fingerprint density at radius 3 is 1.90 bits per heavy atom. The van der Waals surface area contributed by atoms with Crippen molar-refractivity contribution in [2.24, 2.45) is 5.92 Å². The van der Waals surface area contributed by atoms with Gasteiger partial charge in [0, 0.05) is 11.1 Å². The van der Waals surface area contributed by atoms with Gasteiger partial charge in [-0.15, -0.1) is 0 Å². The number of benzene rings is 2. The van der Waals surface area contributed by atoms with Gasteiger partial charge >= 0.3 is 18.1 Å². The first-order valence-corrected chi connectivity index (χ1v) is 17.2. The molecule has 10 heteroatoms. The van der Waals surface area contributed by atoms with Crippen LogP contribution in [-0.2, 0) is 41.4 Å². The molecule has 0 unspecified atom stereocenters. The molecule has 0 aliphatic carbocycles. The third-order valence-electron chi connectivity index (χ3n) is 7.94. The number of unbranched alkanes of at least 4 members (excludes halogenated alkanes) is 5. The molecule has 1 fully saturated rings. The van der Waals surface area contributed by atoms with E-state index in [9.17, 15) is 14.4 Å². The highest BCUT2D eigenvalue weighted by atomic mass is 19.1. The Kier molecular flexibility index (Phi) is 16.7. The molecule has 49 heavy (non-hydrogen) atoms.